The molecule has 0 aliphatic carbocycles. The van der Waals surface area contributed by atoms with Crippen molar-refractivity contribution >= 4 is 173 Å². The summed E-state index contributed by atoms with van der Waals surface area (Å²) in [5.74, 6) is -20.6. The molecule has 0 radical (unpaired) electrons. The molecule has 13 atom stereocenters. The number of primary amides is 1. The number of benzene rings is 2. The Morgan fingerprint density at radius 2 is 1.54 bits per heavy atom. The fourth-order valence-corrected chi connectivity index (χ4v) is 18.8. The number of hydrogen-bond acceptors (Lipinski definition) is 26. The van der Waals surface area contributed by atoms with E-state index in [4.69, 9.17) is 19.9 Å². The third-order valence-electron chi connectivity index (χ3n) is 20.0. The molecule has 8 bridgehead atoms. The Hall–Kier alpha value is -7.85. The van der Waals surface area contributed by atoms with E-state index in [9.17, 15) is 66.6 Å². The normalized spacial score (nSPS) is 23.4. The number of nitrogens with zero attached hydrogens (tertiary/aromatic N) is 4. The highest BCUT2D eigenvalue weighted by Crippen LogP contribution is 2.42. The first-order valence-electron chi connectivity index (χ1n) is 36.7. The smallest absolute Gasteiger partial charge is 0.284 e. The predicted molar refractivity (Wildman–Crippen MR) is 423 cm³/mol. The number of hydrogen-bond donors (Lipinski definition) is 14. The molecule has 37 nitrogen and oxygen atoms in total. The Kier molecular flexibility index (Phi) is 33.2. The molecule has 4 aromatic rings. The summed E-state index contributed by atoms with van der Waals surface area (Å²) in [6, 6.07) is 0.345. The second kappa shape index (κ2) is 41.3. The summed E-state index contributed by atoms with van der Waals surface area (Å²) < 4.78 is 65.0. The number of aliphatic hydroxyl groups excluding tert-OH is 3. The molecule has 3 unspecified atom stereocenters. The molecule has 7 heterocycles. The highest BCUT2D eigenvalue weighted by atomic mass is 79.9. The van der Waals surface area contributed by atoms with Crippen LogP contribution in [0.5, 0.6) is 5.75 Å². The maximum Gasteiger partial charge on any atom is 0.284 e. The van der Waals surface area contributed by atoms with Crippen LogP contribution in [0.4, 0.5) is 0 Å². The van der Waals surface area contributed by atoms with Crippen molar-refractivity contribution < 1.29 is 109 Å². The van der Waals surface area contributed by atoms with Crippen molar-refractivity contribution in [3.8, 4) is 5.75 Å². The summed E-state index contributed by atoms with van der Waals surface area (Å²) >= 11 is 6.83. The molecule has 15 N–H and O–H groups in total. The largest absolute Gasteiger partial charge is 0.465 e. The van der Waals surface area contributed by atoms with Gasteiger partial charge in [-0.2, -0.15) is 8.42 Å². The molecular formula is C71H96Br2N14O23S4. The second-order valence-corrected chi connectivity index (χ2v) is 35.9. The standard InChI is InChI=1S/C71H96Br2N14O23S4/c1-7-36(2)59-64(99)78-31-57(95)81-50-35-113(104)66-44-22-39(63(98)77-32-58(96)83-59)24-52(91)60(37(3)53(92)34-88)85-68(102)71(110-42-9-10-43(44)46(28-42)82-66,54-27-41(89)33-87(54)67(101)40(25-51(50)90)26-55(74)93)69(103)86(6)15-20-111-112-70(4,5)61(65(100)76-14-21-114(105,106)107)84-56(94)12-16-108-18-19-109-17-13-75-62(97)38-8-11-45-47(23-38)80-49(30-73)48(29-72)79-45/h8-11,23,28,36-37,39-41,50,53-54,59-61,82,88-89,92H,7,12-22,24-27,29-35H2,1-6H3,(H2,74,93)(H,75,97)(H,76,100)(H,77,98)(H,78,99)(H,81,95)(H,83,96)(H,84,94)(H,85,102)(H,105,106,107)/t36-,37-,39-,40-,41+,50-,53-,54-,59-,60-,61?,71?,113?/m0/s1. The maximum atomic E-state index is 16.4. The van der Waals surface area contributed by atoms with Crippen LogP contribution in [0.3, 0.4) is 0 Å². The van der Waals surface area contributed by atoms with Crippen molar-refractivity contribution in [2.75, 3.05) is 96.6 Å². The summed E-state index contributed by atoms with van der Waals surface area (Å²) in [6.07, 6.45) is -7.47. The number of aromatic amines is 1. The summed E-state index contributed by atoms with van der Waals surface area (Å²) in [6.45, 7) is 3.57. The number of nitrogens with two attached hydrogens (primary N) is 1. The Morgan fingerprint density at radius 1 is 0.868 bits per heavy atom. The zero-order chi connectivity index (χ0) is 83.7. The predicted octanol–water partition coefficient (Wildman–Crippen LogP) is -1.62. The van der Waals surface area contributed by atoms with Crippen molar-refractivity contribution in [1.82, 2.24) is 67.3 Å². The number of rotatable bonds is 31. The number of Topliss-reactive ketones (excluding diaryl/α,β-unsaturated/α-hetero) is 2. The van der Waals surface area contributed by atoms with Crippen LogP contribution in [0, 0.1) is 23.7 Å². The number of alkyl halides is 2. The van der Waals surface area contributed by atoms with E-state index in [-0.39, 0.29) is 84.8 Å². The molecule has 5 aliphatic rings. The van der Waals surface area contributed by atoms with E-state index in [0.29, 0.717) is 33.7 Å². The van der Waals surface area contributed by atoms with Crippen LogP contribution in [0.2, 0.25) is 0 Å². The highest BCUT2D eigenvalue weighted by Gasteiger charge is 2.63. The molecule has 2 aromatic carbocycles. The first kappa shape index (κ1) is 91.7. The number of aliphatic hydroxyl groups is 3. The minimum atomic E-state index is -4.58. The van der Waals surface area contributed by atoms with Crippen LogP contribution >= 0.6 is 53.4 Å². The van der Waals surface area contributed by atoms with Crippen LogP contribution in [0.15, 0.2) is 41.4 Å². The molecule has 11 amide bonds. The zero-order valence-electron chi connectivity index (χ0n) is 63.4. The van der Waals surface area contributed by atoms with Gasteiger partial charge in [-0.25, -0.2) is 9.97 Å². The molecule has 5 aliphatic heterocycles. The van der Waals surface area contributed by atoms with E-state index in [1.165, 1.54) is 32.2 Å². The number of carbonyl (C=O) groups excluding carboxylic acids is 13. The van der Waals surface area contributed by atoms with Crippen LogP contribution in [-0.2, 0) is 105 Å². The van der Waals surface area contributed by atoms with Gasteiger partial charge in [-0.1, -0.05) is 80.6 Å². The maximum absolute atomic E-state index is 16.4. The number of ketones is 2. The van der Waals surface area contributed by atoms with Crippen LogP contribution in [0.1, 0.15) is 100 Å². The Bertz CT molecular complexity index is 4430. The molecule has 626 valence electrons. The van der Waals surface area contributed by atoms with Gasteiger partial charge in [-0.05, 0) is 62.1 Å². The Balaban J connectivity index is 1.09. The van der Waals surface area contributed by atoms with Crippen molar-refractivity contribution in [3.63, 3.8) is 0 Å². The minimum Gasteiger partial charge on any atom is -0.465 e. The number of H-pyrrole nitrogens is 1. The molecule has 114 heavy (non-hydrogen) atoms. The van der Waals surface area contributed by atoms with Gasteiger partial charge in [0.05, 0.1) is 133 Å². The van der Waals surface area contributed by atoms with Crippen LogP contribution in [-0.4, -0.2) is 283 Å². The zero-order valence-corrected chi connectivity index (χ0v) is 69.8. The van der Waals surface area contributed by atoms with Crippen molar-refractivity contribution in [2.45, 2.75) is 148 Å². The number of likely N-dealkylation sites (N-methyl/N-ethyl adjacent to an activating group) is 1. The van der Waals surface area contributed by atoms with E-state index in [1.54, 1.807) is 45.9 Å². The summed E-state index contributed by atoms with van der Waals surface area (Å²) in [5.41, 5.74) is 5.72. The molecule has 1 saturated heterocycles. The molecule has 43 heteroatoms. The lowest BCUT2D eigenvalue weighted by Crippen LogP contribution is -2.72. The molecule has 0 spiro atoms. The molecule has 1 fully saturated rings. The quantitative estimate of drug-likeness (QED) is 0.00885. The lowest BCUT2D eigenvalue weighted by atomic mass is 9.83. The first-order valence-corrected chi connectivity index (χ1v) is 44.1. The van der Waals surface area contributed by atoms with Gasteiger partial charge in [0, 0.05) is 115 Å². The van der Waals surface area contributed by atoms with Crippen molar-refractivity contribution in [3.05, 3.63) is 58.9 Å². The number of fused-ring (bicyclic) bond motifs is 9. The van der Waals surface area contributed by atoms with Gasteiger partial charge < -0.3 is 92.6 Å². The number of ether oxygens (including phenoxy) is 3. The average Bonchev–Trinajstić information content (AvgIpc) is 1.46. The molecule has 9 rings (SSSR count). The van der Waals surface area contributed by atoms with Gasteiger partial charge >= 0.3 is 0 Å². The number of carbonyl (C=O) groups is 13. The van der Waals surface area contributed by atoms with E-state index in [1.807, 2.05) is 0 Å². The van der Waals surface area contributed by atoms with Crippen molar-refractivity contribution in [2.24, 2.45) is 29.4 Å². The van der Waals surface area contributed by atoms with Gasteiger partial charge in [0.25, 0.3) is 33.4 Å². The monoisotopic (exact) mass is 1800 g/mol. The number of halogens is 2. The van der Waals surface area contributed by atoms with E-state index in [0.717, 1.165) is 42.8 Å². The SMILES string of the molecule is CC[C@H](C)[C@@H]1NC(=O)CNC(=O)[C@@H]2CC(=O)[C@H]([C@@H](C)[C@@H](O)CO)NC(=O)C3(C(=O)N(C)CCSSC(C)(C)C(NC(=O)CCOCCOCCNC(=O)c4ccc5nc(CBr)c(CBr)nc5c4)C(=O)NCCS(=O)(=O)O)Oc4ccc5c(c([nH]c5c4)S(=O)C[C@H](NC(=O)CNC1=O)C(=O)C[C@@H](CC(N)=O)C(=O)N1C[C@H](O)C[C@H]13)C2. The van der Waals surface area contributed by atoms with E-state index in [2.05, 4.69) is 89.3 Å². The van der Waals surface area contributed by atoms with Gasteiger partial charge in [0.1, 0.15) is 22.9 Å². The summed E-state index contributed by atoms with van der Waals surface area (Å²) in [5, 5.41) is 55.2. The number of aromatic nitrogens is 3. The van der Waals surface area contributed by atoms with Crippen LogP contribution < -0.4 is 53.0 Å². The molecular weight excluding hydrogens is 1700 g/mol. The van der Waals surface area contributed by atoms with Crippen molar-refractivity contribution in [1.29, 1.82) is 0 Å². The lowest BCUT2D eigenvalue weighted by Gasteiger charge is -2.43. The first-order chi connectivity index (χ1) is 53.9. The number of nitrogens with one attached hydrogen (secondary N) is 9. The third kappa shape index (κ3) is 23.7. The van der Waals surface area contributed by atoms with E-state index < -0.39 is 244 Å². The summed E-state index contributed by atoms with van der Waals surface area (Å²) in [4.78, 5) is 203. The molecule has 2 aromatic heterocycles. The van der Waals surface area contributed by atoms with Gasteiger partial charge in [0.15, 0.2) is 11.6 Å². The van der Waals surface area contributed by atoms with Crippen LogP contribution in [0.25, 0.3) is 21.9 Å². The third-order valence-corrected chi connectivity index (χ3v) is 26.5. The summed E-state index contributed by atoms with van der Waals surface area (Å²) in [7, 11) is -3.80. The lowest BCUT2D eigenvalue weighted by molar-refractivity contribution is -0.167. The second-order valence-electron chi connectivity index (χ2n) is 28.7. The topological polar surface area (TPSA) is 552 Å². The molecule has 0 saturated carbocycles. The minimum absolute atomic E-state index is 0.0182. The Morgan fingerprint density at radius 3 is 2.21 bits per heavy atom. The Labute approximate surface area is 683 Å². The van der Waals surface area contributed by atoms with Gasteiger partial charge in [-0.15, -0.1) is 0 Å². The highest BCUT2D eigenvalue weighted by molar-refractivity contribution is 9.09. The van der Waals surface area contributed by atoms with Gasteiger partial charge in [0.2, 0.25) is 47.3 Å². The fourth-order valence-electron chi connectivity index (χ4n) is 13.5. The average molecular weight is 1800 g/mol. The fraction of sp³-hybridized carbons (Fsp3) is 0.592. The van der Waals surface area contributed by atoms with Gasteiger partial charge in [-0.3, -0.25) is 71.1 Å². The van der Waals surface area contributed by atoms with E-state index >= 15 is 28.2 Å². The number of amides is 11.